The van der Waals surface area contributed by atoms with Gasteiger partial charge in [-0.3, -0.25) is 14.7 Å². The van der Waals surface area contributed by atoms with Crippen LogP contribution in [0.25, 0.3) is 0 Å². The zero-order valence-corrected chi connectivity index (χ0v) is 18.3. The van der Waals surface area contributed by atoms with Crippen LogP contribution in [0.4, 0.5) is 13.2 Å². The highest BCUT2D eigenvalue weighted by Crippen LogP contribution is 2.19. The number of alkyl halides is 3. The van der Waals surface area contributed by atoms with Gasteiger partial charge in [0.05, 0.1) is 6.54 Å². The average molecular weight is 493 g/mol. The van der Waals surface area contributed by atoms with E-state index in [-0.39, 0.29) is 36.1 Å². The van der Waals surface area contributed by atoms with Crippen LogP contribution in [0, 0.1) is 0 Å². The molecule has 0 saturated carbocycles. The third-order valence-corrected chi connectivity index (χ3v) is 4.37. The molecule has 1 heterocycles. The van der Waals surface area contributed by atoms with Crippen LogP contribution in [0.3, 0.4) is 0 Å². The first-order chi connectivity index (χ1) is 11.5. The van der Waals surface area contributed by atoms with Gasteiger partial charge in [-0.1, -0.05) is 6.42 Å². The first-order valence-corrected chi connectivity index (χ1v) is 8.55. The van der Waals surface area contributed by atoms with Gasteiger partial charge in [-0.2, -0.15) is 13.2 Å². The van der Waals surface area contributed by atoms with Gasteiger partial charge < -0.3 is 15.5 Å². The first-order valence-electron chi connectivity index (χ1n) is 8.55. The Balaban J connectivity index is 0.00000625. The molecule has 1 rings (SSSR count). The molecule has 26 heavy (non-hydrogen) atoms. The second-order valence-corrected chi connectivity index (χ2v) is 7.00. The van der Waals surface area contributed by atoms with Crippen LogP contribution in [-0.4, -0.2) is 80.2 Å². The molecule has 6 nitrogen and oxygen atoms in total. The van der Waals surface area contributed by atoms with Crippen molar-refractivity contribution in [3.05, 3.63) is 0 Å². The molecule has 0 aliphatic carbocycles. The molecule has 1 fully saturated rings. The molecule has 0 unspecified atom stereocenters. The maximum absolute atomic E-state index is 12.3. The van der Waals surface area contributed by atoms with Crippen molar-refractivity contribution < 1.29 is 18.0 Å². The number of halogens is 4. The van der Waals surface area contributed by atoms with Crippen molar-refractivity contribution in [1.82, 2.24) is 20.4 Å². The van der Waals surface area contributed by atoms with E-state index in [0.29, 0.717) is 17.4 Å². The summed E-state index contributed by atoms with van der Waals surface area (Å²) < 4.78 is 36.9. The second kappa shape index (κ2) is 11.2. The van der Waals surface area contributed by atoms with Crippen LogP contribution < -0.4 is 10.6 Å². The number of likely N-dealkylation sites (N-methyl/N-ethyl adjacent to an activating group) is 1. The summed E-state index contributed by atoms with van der Waals surface area (Å²) in [5.74, 6) is -0.241. The number of likely N-dealkylation sites (tertiary alicyclic amines) is 1. The first kappa shape index (κ1) is 25.2. The molecule has 0 atom stereocenters. The quantitative estimate of drug-likeness (QED) is 0.338. The number of guanidine groups is 1. The minimum Gasteiger partial charge on any atom is -0.355 e. The molecule has 1 aliphatic heterocycles. The SMILES string of the molecule is CN=C(NCC(=O)N(C)CC(F)(F)F)NCC(C)(C)N1CCCCC1.I. The Labute approximate surface area is 171 Å². The smallest absolute Gasteiger partial charge is 0.355 e. The molecular weight excluding hydrogens is 462 g/mol. The van der Waals surface area contributed by atoms with E-state index in [0.717, 1.165) is 20.1 Å². The summed E-state index contributed by atoms with van der Waals surface area (Å²) in [4.78, 5) is 18.9. The molecule has 1 amide bonds. The van der Waals surface area contributed by atoms with E-state index in [1.165, 1.54) is 19.3 Å². The predicted molar refractivity (Wildman–Crippen MR) is 108 cm³/mol. The molecule has 0 aromatic rings. The van der Waals surface area contributed by atoms with Gasteiger partial charge in [-0.15, -0.1) is 24.0 Å². The lowest BCUT2D eigenvalue weighted by Gasteiger charge is -2.41. The third kappa shape index (κ3) is 9.24. The van der Waals surface area contributed by atoms with Crippen molar-refractivity contribution in [1.29, 1.82) is 0 Å². The summed E-state index contributed by atoms with van der Waals surface area (Å²) in [6.45, 7) is 5.52. The standard InChI is InChI=1S/C16H30F3N5O.HI/c1-15(2,24-8-6-5-7-9-24)11-22-14(20-3)21-10-13(25)23(4)12-16(17,18)19;/h5-12H2,1-4H3,(H2,20,21,22);1H. The van der Waals surface area contributed by atoms with E-state index in [1.807, 2.05) is 0 Å². The van der Waals surface area contributed by atoms with Crippen LogP contribution in [0.15, 0.2) is 4.99 Å². The second-order valence-electron chi connectivity index (χ2n) is 7.00. The van der Waals surface area contributed by atoms with Gasteiger partial charge in [0.25, 0.3) is 0 Å². The van der Waals surface area contributed by atoms with E-state index >= 15 is 0 Å². The molecule has 1 saturated heterocycles. The molecular formula is C16H31F3IN5O. The number of hydrogen-bond acceptors (Lipinski definition) is 3. The maximum Gasteiger partial charge on any atom is 0.406 e. The van der Waals surface area contributed by atoms with Crippen LogP contribution in [0.1, 0.15) is 33.1 Å². The van der Waals surface area contributed by atoms with Gasteiger partial charge >= 0.3 is 6.18 Å². The van der Waals surface area contributed by atoms with E-state index < -0.39 is 18.6 Å². The Hall–Kier alpha value is -0.780. The van der Waals surface area contributed by atoms with E-state index in [2.05, 4.69) is 34.4 Å². The molecule has 154 valence electrons. The summed E-state index contributed by atoms with van der Waals surface area (Å²) in [5, 5.41) is 5.93. The number of amides is 1. The van der Waals surface area contributed by atoms with Crippen molar-refractivity contribution in [3.8, 4) is 0 Å². The van der Waals surface area contributed by atoms with Gasteiger partial charge in [0.15, 0.2) is 5.96 Å². The summed E-state index contributed by atoms with van der Waals surface area (Å²) in [7, 11) is 2.69. The van der Waals surface area contributed by atoms with E-state index in [4.69, 9.17) is 0 Å². The van der Waals surface area contributed by atoms with Gasteiger partial charge in [0.1, 0.15) is 6.54 Å². The topological polar surface area (TPSA) is 60.0 Å². The molecule has 0 aromatic carbocycles. The minimum atomic E-state index is -4.40. The molecule has 0 radical (unpaired) electrons. The number of nitrogens with one attached hydrogen (secondary N) is 2. The lowest BCUT2D eigenvalue weighted by atomic mass is 9.98. The minimum absolute atomic E-state index is 0. The number of carbonyl (C=O) groups excluding carboxylic acids is 1. The number of rotatable bonds is 6. The number of aliphatic imine (C=N–C) groups is 1. The van der Waals surface area contributed by atoms with Crippen molar-refractivity contribution in [2.75, 3.05) is 46.8 Å². The molecule has 1 aliphatic rings. The van der Waals surface area contributed by atoms with Crippen molar-refractivity contribution in [3.63, 3.8) is 0 Å². The normalized spacial score (nSPS) is 16.7. The Morgan fingerprint density at radius 1 is 1.15 bits per heavy atom. The third-order valence-electron chi connectivity index (χ3n) is 4.37. The summed E-state index contributed by atoms with van der Waals surface area (Å²) in [5.41, 5.74) is -0.0743. The average Bonchev–Trinajstić information content (AvgIpc) is 2.54. The van der Waals surface area contributed by atoms with Crippen LogP contribution in [0.5, 0.6) is 0 Å². The fourth-order valence-electron chi connectivity index (χ4n) is 2.78. The Kier molecular flexibility index (Phi) is 10.8. The largest absolute Gasteiger partial charge is 0.406 e. The van der Waals surface area contributed by atoms with Gasteiger partial charge in [0.2, 0.25) is 5.91 Å². The molecule has 2 N–H and O–H groups in total. The van der Waals surface area contributed by atoms with Crippen LogP contribution in [-0.2, 0) is 4.79 Å². The summed E-state index contributed by atoms with van der Waals surface area (Å²) in [6, 6.07) is 0. The number of hydrogen-bond donors (Lipinski definition) is 2. The number of nitrogens with zero attached hydrogens (tertiary/aromatic N) is 3. The van der Waals surface area contributed by atoms with Crippen molar-refractivity contribution in [2.24, 2.45) is 4.99 Å². The fourth-order valence-corrected chi connectivity index (χ4v) is 2.78. The summed E-state index contributed by atoms with van der Waals surface area (Å²) in [6.07, 6.45) is -0.757. The molecule has 10 heteroatoms. The van der Waals surface area contributed by atoms with Crippen molar-refractivity contribution in [2.45, 2.75) is 44.8 Å². The Morgan fingerprint density at radius 2 is 1.73 bits per heavy atom. The molecule has 0 aromatic heterocycles. The highest BCUT2D eigenvalue weighted by atomic mass is 127. The zero-order chi connectivity index (χ0) is 19.1. The van der Waals surface area contributed by atoms with Crippen LogP contribution >= 0.6 is 24.0 Å². The fraction of sp³-hybridized carbons (Fsp3) is 0.875. The summed E-state index contributed by atoms with van der Waals surface area (Å²) >= 11 is 0. The Morgan fingerprint density at radius 3 is 2.23 bits per heavy atom. The molecule has 0 bridgehead atoms. The maximum atomic E-state index is 12.3. The van der Waals surface area contributed by atoms with E-state index in [1.54, 1.807) is 7.05 Å². The highest BCUT2D eigenvalue weighted by molar-refractivity contribution is 14.0. The van der Waals surface area contributed by atoms with Crippen molar-refractivity contribution >= 4 is 35.8 Å². The molecule has 0 spiro atoms. The van der Waals surface area contributed by atoms with Crippen LogP contribution in [0.2, 0.25) is 0 Å². The lowest BCUT2D eigenvalue weighted by molar-refractivity contribution is -0.157. The van der Waals surface area contributed by atoms with Gasteiger partial charge in [-0.05, 0) is 39.8 Å². The zero-order valence-electron chi connectivity index (χ0n) is 15.9. The van der Waals surface area contributed by atoms with Gasteiger partial charge in [-0.25, -0.2) is 0 Å². The highest BCUT2D eigenvalue weighted by Gasteiger charge is 2.31. The predicted octanol–water partition coefficient (Wildman–Crippen LogP) is 2.05. The monoisotopic (exact) mass is 493 g/mol. The number of carbonyl (C=O) groups is 1. The van der Waals surface area contributed by atoms with E-state index in [9.17, 15) is 18.0 Å². The Bertz CT molecular complexity index is 465. The lowest BCUT2D eigenvalue weighted by Crippen LogP contribution is -2.55. The van der Waals surface area contributed by atoms with Gasteiger partial charge in [0, 0.05) is 26.2 Å². The number of piperidine rings is 1.